The summed E-state index contributed by atoms with van der Waals surface area (Å²) in [5.41, 5.74) is 10.9. The first-order valence-corrected chi connectivity index (χ1v) is 6.16. The summed E-state index contributed by atoms with van der Waals surface area (Å²) in [6.45, 7) is 2.92. The summed E-state index contributed by atoms with van der Waals surface area (Å²) in [4.78, 5) is 0. The molecule has 0 spiro atoms. The molecule has 0 unspecified atom stereocenters. The second-order valence-corrected chi connectivity index (χ2v) is 4.41. The fourth-order valence-corrected chi connectivity index (χ4v) is 2.06. The number of hydrogen-bond acceptors (Lipinski definition) is 1. The topological polar surface area (TPSA) is 26.0 Å². The molecule has 0 aliphatic heterocycles. The Hall–Kier alpha value is -1.60. The van der Waals surface area contributed by atoms with Crippen LogP contribution in [0.1, 0.15) is 17.5 Å². The lowest BCUT2D eigenvalue weighted by atomic mass is 9.96. The van der Waals surface area contributed by atoms with Crippen LogP contribution in [0.3, 0.4) is 0 Å². The van der Waals surface area contributed by atoms with Gasteiger partial charge >= 0.3 is 0 Å². The van der Waals surface area contributed by atoms with Gasteiger partial charge in [0.25, 0.3) is 0 Å². The highest BCUT2D eigenvalue weighted by Crippen LogP contribution is 2.24. The van der Waals surface area contributed by atoms with E-state index in [9.17, 15) is 0 Å². The first kappa shape index (κ1) is 11.9. The van der Waals surface area contributed by atoms with E-state index in [-0.39, 0.29) is 0 Å². The Morgan fingerprint density at radius 1 is 1.00 bits per heavy atom. The molecule has 0 aliphatic carbocycles. The van der Waals surface area contributed by atoms with Crippen LogP contribution in [-0.4, -0.2) is 6.54 Å². The Bertz CT molecular complexity index is 474. The highest BCUT2D eigenvalue weighted by Gasteiger charge is 2.02. The van der Waals surface area contributed by atoms with Gasteiger partial charge in [0.1, 0.15) is 0 Å². The molecule has 1 nitrogen and oxygen atoms in total. The van der Waals surface area contributed by atoms with Crippen LogP contribution in [0.15, 0.2) is 48.5 Å². The van der Waals surface area contributed by atoms with E-state index in [0.29, 0.717) is 0 Å². The highest BCUT2D eigenvalue weighted by atomic mass is 14.5. The predicted molar refractivity (Wildman–Crippen MR) is 74.0 cm³/mol. The standard InChI is InChI=1S/C16H19N/c1-13-9-10-14(6-5-11-17)12-16(13)15-7-3-2-4-8-15/h2-4,7-10,12H,5-6,11,17H2,1H3. The van der Waals surface area contributed by atoms with Crippen molar-refractivity contribution >= 4 is 0 Å². The van der Waals surface area contributed by atoms with Gasteiger partial charge in [0.05, 0.1) is 0 Å². The highest BCUT2D eigenvalue weighted by molar-refractivity contribution is 5.67. The Balaban J connectivity index is 2.33. The van der Waals surface area contributed by atoms with E-state index >= 15 is 0 Å². The summed E-state index contributed by atoms with van der Waals surface area (Å²) in [7, 11) is 0. The Morgan fingerprint density at radius 2 is 1.76 bits per heavy atom. The Labute approximate surface area is 103 Å². The van der Waals surface area contributed by atoms with E-state index in [2.05, 4.69) is 55.5 Å². The molecule has 0 saturated carbocycles. The maximum Gasteiger partial charge on any atom is -0.00741 e. The Morgan fingerprint density at radius 3 is 2.47 bits per heavy atom. The lowest BCUT2D eigenvalue weighted by Gasteiger charge is -2.09. The number of nitrogens with two attached hydrogens (primary N) is 1. The van der Waals surface area contributed by atoms with Crippen LogP contribution >= 0.6 is 0 Å². The average molecular weight is 225 g/mol. The van der Waals surface area contributed by atoms with Crippen LogP contribution in [0.2, 0.25) is 0 Å². The van der Waals surface area contributed by atoms with E-state index in [4.69, 9.17) is 5.73 Å². The van der Waals surface area contributed by atoms with Crippen molar-refractivity contribution in [1.29, 1.82) is 0 Å². The maximum absolute atomic E-state index is 5.56. The zero-order valence-corrected chi connectivity index (χ0v) is 10.3. The molecule has 88 valence electrons. The van der Waals surface area contributed by atoms with E-state index in [1.54, 1.807) is 0 Å². The van der Waals surface area contributed by atoms with Crippen LogP contribution in [0.25, 0.3) is 11.1 Å². The molecule has 0 aromatic heterocycles. The van der Waals surface area contributed by atoms with Crippen LogP contribution in [0, 0.1) is 6.92 Å². The molecular weight excluding hydrogens is 206 g/mol. The maximum atomic E-state index is 5.56. The largest absolute Gasteiger partial charge is 0.330 e. The lowest BCUT2D eigenvalue weighted by molar-refractivity contribution is 0.832. The van der Waals surface area contributed by atoms with Crippen molar-refractivity contribution in [2.24, 2.45) is 5.73 Å². The summed E-state index contributed by atoms with van der Waals surface area (Å²) < 4.78 is 0. The van der Waals surface area contributed by atoms with Gasteiger partial charge in [-0.3, -0.25) is 0 Å². The molecule has 2 rings (SSSR count). The summed E-state index contributed by atoms with van der Waals surface area (Å²) >= 11 is 0. The molecular formula is C16H19N. The zero-order chi connectivity index (χ0) is 12.1. The van der Waals surface area contributed by atoms with Gasteiger partial charge in [-0.25, -0.2) is 0 Å². The number of rotatable bonds is 4. The smallest absolute Gasteiger partial charge is 0.00741 e. The zero-order valence-electron chi connectivity index (χ0n) is 10.3. The van der Waals surface area contributed by atoms with Crippen LogP contribution < -0.4 is 5.73 Å². The summed E-state index contributed by atoms with van der Waals surface area (Å²) in [5, 5.41) is 0. The molecule has 0 radical (unpaired) electrons. The second-order valence-electron chi connectivity index (χ2n) is 4.41. The molecule has 0 aliphatic rings. The fraction of sp³-hybridized carbons (Fsp3) is 0.250. The lowest BCUT2D eigenvalue weighted by Crippen LogP contribution is -2.00. The minimum absolute atomic E-state index is 0.758. The van der Waals surface area contributed by atoms with E-state index in [1.807, 2.05) is 0 Å². The summed E-state index contributed by atoms with van der Waals surface area (Å²) in [6, 6.07) is 17.2. The average Bonchev–Trinajstić information content (AvgIpc) is 2.39. The number of hydrogen-bond donors (Lipinski definition) is 1. The van der Waals surface area contributed by atoms with Crippen LogP contribution in [0.5, 0.6) is 0 Å². The summed E-state index contributed by atoms with van der Waals surface area (Å²) in [5.74, 6) is 0. The van der Waals surface area contributed by atoms with E-state index < -0.39 is 0 Å². The van der Waals surface area contributed by atoms with Gasteiger partial charge in [-0.15, -0.1) is 0 Å². The van der Waals surface area contributed by atoms with Gasteiger partial charge in [0, 0.05) is 0 Å². The van der Waals surface area contributed by atoms with Gasteiger partial charge in [-0.05, 0) is 48.6 Å². The van der Waals surface area contributed by atoms with Gasteiger partial charge in [-0.1, -0.05) is 48.5 Å². The molecule has 1 heteroatoms. The third-order valence-corrected chi connectivity index (χ3v) is 3.06. The van der Waals surface area contributed by atoms with Crippen molar-refractivity contribution in [2.75, 3.05) is 6.54 Å². The molecule has 0 heterocycles. The van der Waals surface area contributed by atoms with Crippen LogP contribution in [0.4, 0.5) is 0 Å². The molecule has 0 amide bonds. The number of benzene rings is 2. The third-order valence-electron chi connectivity index (χ3n) is 3.06. The van der Waals surface area contributed by atoms with Crippen molar-refractivity contribution in [3.63, 3.8) is 0 Å². The molecule has 0 saturated heterocycles. The van der Waals surface area contributed by atoms with Crippen molar-refractivity contribution in [2.45, 2.75) is 19.8 Å². The molecule has 2 aromatic carbocycles. The van der Waals surface area contributed by atoms with E-state index in [0.717, 1.165) is 19.4 Å². The van der Waals surface area contributed by atoms with Gasteiger partial charge in [-0.2, -0.15) is 0 Å². The molecule has 0 fully saturated rings. The minimum atomic E-state index is 0.758. The van der Waals surface area contributed by atoms with Gasteiger partial charge < -0.3 is 5.73 Å². The molecule has 2 N–H and O–H groups in total. The molecule has 17 heavy (non-hydrogen) atoms. The van der Waals surface area contributed by atoms with Gasteiger partial charge in [0.2, 0.25) is 0 Å². The van der Waals surface area contributed by atoms with Crippen LogP contribution in [-0.2, 0) is 6.42 Å². The molecule has 2 aromatic rings. The fourth-order valence-electron chi connectivity index (χ4n) is 2.06. The van der Waals surface area contributed by atoms with Crippen molar-refractivity contribution in [3.8, 4) is 11.1 Å². The van der Waals surface area contributed by atoms with E-state index in [1.165, 1.54) is 22.3 Å². The monoisotopic (exact) mass is 225 g/mol. The molecule has 0 bridgehead atoms. The SMILES string of the molecule is Cc1ccc(CCCN)cc1-c1ccccc1. The first-order valence-electron chi connectivity index (χ1n) is 6.16. The Kier molecular flexibility index (Phi) is 3.94. The molecule has 0 atom stereocenters. The summed E-state index contributed by atoms with van der Waals surface area (Å²) in [6.07, 6.45) is 2.12. The van der Waals surface area contributed by atoms with Crippen molar-refractivity contribution < 1.29 is 0 Å². The normalized spacial score (nSPS) is 10.5. The van der Waals surface area contributed by atoms with Gasteiger partial charge in [0.15, 0.2) is 0 Å². The predicted octanol–water partition coefficient (Wildman–Crippen LogP) is 3.55. The quantitative estimate of drug-likeness (QED) is 0.846. The van der Waals surface area contributed by atoms with Crippen molar-refractivity contribution in [1.82, 2.24) is 0 Å². The second kappa shape index (κ2) is 5.65. The first-order chi connectivity index (χ1) is 8.31. The van der Waals surface area contributed by atoms with Crippen molar-refractivity contribution in [3.05, 3.63) is 59.7 Å². The third kappa shape index (κ3) is 2.95. The minimum Gasteiger partial charge on any atom is -0.330 e. The number of aryl methyl sites for hydroxylation is 2.